The van der Waals surface area contributed by atoms with Crippen LogP contribution in [0.15, 0.2) is 48.0 Å². The lowest BCUT2D eigenvalue weighted by Gasteiger charge is -2.10. The molecule has 144 valence electrons. The molecule has 0 aromatic heterocycles. The fourth-order valence-corrected chi connectivity index (χ4v) is 2.26. The highest BCUT2D eigenvalue weighted by atomic mass is 35.5. The third-order valence-corrected chi connectivity index (χ3v) is 3.79. The van der Waals surface area contributed by atoms with Gasteiger partial charge in [-0.15, -0.1) is 0 Å². The van der Waals surface area contributed by atoms with E-state index in [0.29, 0.717) is 27.8 Å². The van der Waals surface area contributed by atoms with Gasteiger partial charge in [0.2, 0.25) is 0 Å². The quantitative estimate of drug-likeness (QED) is 0.434. The average Bonchev–Trinajstić information content (AvgIpc) is 2.71. The molecule has 0 bridgehead atoms. The second-order valence-electron chi connectivity index (χ2n) is 5.41. The van der Waals surface area contributed by atoms with E-state index in [0.717, 1.165) is 0 Å². The Hall–Kier alpha value is -3.50. The number of carbonyl (C=O) groups excluding carboxylic acids is 2. The van der Waals surface area contributed by atoms with Crippen molar-refractivity contribution in [3.8, 4) is 17.6 Å². The zero-order chi connectivity index (χ0) is 20.5. The van der Waals surface area contributed by atoms with Crippen LogP contribution >= 0.6 is 11.6 Å². The summed E-state index contributed by atoms with van der Waals surface area (Å²) in [6.07, 6.45) is 1.41. The topological polar surface area (TPSA) is 97.7 Å². The second-order valence-corrected chi connectivity index (χ2v) is 5.84. The smallest absolute Gasteiger partial charge is 0.343 e. The van der Waals surface area contributed by atoms with E-state index in [-0.39, 0.29) is 12.2 Å². The van der Waals surface area contributed by atoms with Crippen molar-refractivity contribution in [2.45, 2.75) is 0 Å². The first-order valence-corrected chi connectivity index (χ1v) is 8.41. The molecule has 8 heteroatoms. The van der Waals surface area contributed by atoms with Gasteiger partial charge in [0.25, 0.3) is 5.91 Å². The number of methoxy groups -OCH3 is 2. The molecule has 0 aliphatic heterocycles. The highest BCUT2D eigenvalue weighted by Crippen LogP contribution is 2.29. The first-order chi connectivity index (χ1) is 13.5. The number of hydrogen-bond acceptors (Lipinski definition) is 6. The van der Waals surface area contributed by atoms with E-state index in [1.807, 2.05) is 6.07 Å². The van der Waals surface area contributed by atoms with Gasteiger partial charge >= 0.3 is 5.97 Å². The molecular formula is C20H17ClN2O5. The van der Waals surface area contributed by atoms with E-state index in [2.05, 4.69) is 10.1 Å². The van der Waals surface area contributed by atoms with Crippen LogP contribution in [-0.4, -0.2) is 32.7 Å². The van der Waals surface area contributed by atoms with Crippen molar-refractivity contribution >= 4 is 35.2 Å². The van der Waals surface area contributed by atoms with Gasteiger partial charge < -0.3 is 19.5 Å². The minimum atomic E-state index is -0.560. The molecule has 0 fully saturated rings. The first-order valence-electron chi connectivity index (χ1n) is 8.03. The molecule has 0 radical (unpaired) electrons. The fourth-order valence-electron chi connectivity index (χ4n) is 2.14. The van der Waals surface area contributed by atoms with Gasteiger partial charge in [0.15, 0.2) is 18.1 Å². The highest BCUT2D eigenvalue weighted by molar-refractivity contribution is 6.30. The summed E-state index contributed by atoms with van der Waals surface area (Å²) in [5, 5.41) is 12.5. The lowest BCUT2D eigenvalue weighted by atomic mass is 10.1. The van der Waals surface area contributed by atoms with Crippen LogP contribution in [-0.2, 0) is 14.3 Å². The maximum Gasteiger partial charge on any atom is 0.343 e. The predicted octanol–water partition coefficient (Wildman–Crippen LogP) is 3.45. The lowest BCUT2D eigenvalue weighted by Crippen LogP contribution is -2.13. The highest BCUT2D eigenvalue weighted by Gasteiger charge is 2.12. The Balaban J connectivity index is 2.18. The molecule has 0 saturated heterocycles. The third-order valence-electron chi connectivity index (χ3n) is 3.54. The minimum absolute atomic E-state index is 0.0970. The number of rotatable bonds is 7. The van der Waals surface area contributed by atoms with Crippen molar-refractivity contribution in [1.82, 2.24) is 0 Å². The first kappa shape index (κ1) is 20.8. The van der Waals surface area contributed by atoms with E-state index in [1.165, 1.54) is 20.3 Å². The molecule has 1 N–H and O–H groups in total. The Labute approximate surface area is 167 Å². The van der Waals surface area contributed by atoms with Gasteiger partial charge in [0.1, 0.15) is 11.6 Å². The summed E-state index contributed by atoms with van der Waals surface area (Å²) in [5.41, 5.74) is 0.963. The van der Waals surface area contributed by atoms with E-state index in [9.17, 15) is 14.9 Å². The molecule has 7 nitrogen and oxygen atoms in total. The summed E-state index contributed by atoms with van der Waals surface area (Å²) in [5.74, 6) is -0.423. The summed E-state index contributed by atoms with van der Waals surface area (Å²) >= 11 is 5.81. The monoisotopic (exact) mass is 400 g/mol. The normalized spacial score (nSPS) is 10.6. The maximum atomic E-state index is 12.3. The molecule has 0 unspecified atom stereocenters. The SMILES string of the molecule is COC(=O)COc1ccc(C=C(C#N)C(=O)Nc2ccc(Cl)cc2)cc1OC. The summed E-state index contributed by atoms with van der Waals surface area (Å²) in [6.45, 7) is -0.269. The van der Waals surface area contributed by atoms with E-state index >= 15 is 0 Å². The Bertz CT molecular complexity index is 933. The van der Waals surface area contributed by atoms with Crippen molar-refractivity contribution in [1.29, 1.82) is 5.26 Å². The zero-order valence-electron chi connectivity index (χ0n) is 15.2. The Morgan fingerprint density at radius 2 is 1.86 bits per heavy atom. The predicted molar refractivity (Wildman–Crippen MR) is 104 cm³/mol. The zero-order valence-corrected chi connectivity index (χ0v) is 15.9. The molecule has 2 aromatic carbocycles. The number of nitrogens with zero attached hydrogens (tertiary/aromatic N) is 1. The number of anilines is 1. The van der Waals surface area contributed by atoms with Gasteiger partial charge in [-0.3, -0.25) is 4.79 Å². The number of carbonyl (C=O) groups is 2. The van der Waals surface area contributed by atoms with Crippen LogP contribution in [0.4, 0.5) is 5.69 Å². The van der Waals surface area contributed by atoms with Crippen LogP contribution in [0.2, 0.25) is 5.02 Å². The molecule has 0 saturated carbocycles. The molecule has 28 heavy (non-hydrogen) atoms. The molecule has 0 spiro atoms. The number of nitrogens with one attached hydrogen (secondary N) is 1. The van der Waals surface area contributed by atoms with Crippen molar-refractivity contribution < 1.29 is 23.8 Å². The Kier molecular flexibility index (Phi) is 7.43. The van der Waals surface area contributed by atoms with Gasteiger partial charge in [0.05, 0.1) is 14.2 Å². The number of halogens is 1. The summed E-state index contributed by atoms with van der Waals surface area (Å²) in [6, 6.07) is 13.2. The summed E-state index contributed by atoms with van der Waals surface area (Å²) < 4.78 is 15.1. The standard InChI is InChI=1S/C20H17ClN2O5/c1-26-18-10-13(3-8-17(18)28-12-19(24)27-2)9-14(11-22)20(25)23-16-6-4-15(21)5-7-16/h3-10H,12H2,1-2H3,(H,23,25). The van der Waals surface area contributed by atoms with Gasteiger partial charge in [-0.2, -0.15) is 5.26 Å². The molecular weight excluding hydrogens is 384 g/mol. The molecule has 2 rings (SSSR count). The Morgan fingerprint density at radius 3 is 2.46 bits per heavy atom. The molecule has 2 aromatic rings. The number of amides is 1. The van der Waals surface area contributed by atoms with E-state index < -0.39 is 11.9 Å². The van der Waals surface area contributed by atoms with Crippen LogP contribution in [0.5, 0.6) is 11.5 Å². The number of nitriles is 1. The van der Waals surface area contributed by atoms with E-state index in [1.54, 1.807) is 42.5 Å². The summed E-state index contributed by atoms with van der Waals surface area (Å²) in [7, 11) is 2.70. The van der Waals surface area contributed by atoms with Crippen molar-refractivity contribution in [2.75, 3.05) is 26.1 Å². The van der Waals surface area contributed by atoms with Gasteiger partial charge in [0, 0.05) is 10.7 Å². The van der Waals surface area contributed by atoms with Crippen molar-refractivity contribution in [3.63, 3.8) is 0 Å². The molecule has 0 aliphatic rings. The van der Waals surface area contributed by atoms with Gasteiger partial charge in [-0.25, -0.2) is 4.79 Å². The number of benzene rings is 2. The third kappa shape index (κ3) is 5.76. The van der Waals surface area contributed by atoms with Gasteiger partial charge in [-0.1, -0.05) is 17.7 Å². The van der Waals surface area contributed by atoms with Crippen LogP contribution in [0.25, 0.3) is 6.08 Å². The molecule has 0 aliphatic carbocycles. The van der Waals surface area contributed by atoms with Crippen LogP contribution in [0.1, 0.15) is 5.56 Å². The molecule has 1 amide bonds. The van der Waals surface area contributed by atoms with Crippen molar-refractivity contribution in [2.24, 2.45) is 0 Å². The lowest BCUT2D eigenvalue weighted by molar-refractivity contribution is -0.142. The number of esters is 1. The van der Waals surface area contributed by atoms with Gasteiger partial charge in [-0.05, 0) is 48.0 Å². The van der Waals surface area contributed by atoms with Crippen LogP contribution < -0.4 is 14.8 Å². The number of hydrogen-bond donors (Lipinski definition) is 1. The van der Waals surface area contributed by atoms with Crippen LogP contribution in [0, 0.1) is 11.3 Å². The Morgan fingerprint density at radius 1 is 1.14 bits per heavy atom. The molecule has 0 heterocycles. The van der Waals surface area contributed by atoms with Crippen LogP contribution in [0.3, 0.4) is 0 Å². The maximum absolute atomic E-state index is 12.3. The number of ether oxygens (including phenoxy) is 3. The fraction of sp³-hybridized carbons (Fsp3) is 0.150. The summed E-state index contributed by atoms with van der Waals surface area (Å²) in [4.78, 5) is 23.5. The largest absolute Gasteiger partial charge is 0.493 e. The second kappa shape index (κ2) is 10.00. The minimum Gasteiger partial charge on any atom is -0.493 e. The average molecular weight is 401 g/mol. The molecule has 0 atom stereocenters. The van der Waals surface area contributed by atoms with Crippen molar-refractivity contribution in [3.05, 3.63) is 58.6 Å². The van der Waals surface area contributed by atoms with E-state index in [4.69, 9.17) is 21.1 Å².